The molecule has 1 heterocycles. The third-order valence-corrected chi connectivity index (χ3v) is 3.03. The van der Waals surface area contributed by atoms with Crippen LogP contribution in [0.2, 0.25) is 0 Å². The average Bonchev–Trinajstić information content (AvgIpc) is 2.31. The van der Waals surface area contributed by atoms with Crippen molar-refractivity contribution in [2.24, 2.45) is 0 Å². The molecule has 2 N–H and O–H groups in total. The molecule has 2 rings (SSSR count). The maximum absolute atomic E-state index is 5.74. The molecule has 94 valence electrons. The number of nitrogen functional groups attached to an aromatic ring is 1. The second-order valence-corrected chi connectivity index (χ2v) is 4.49. The smallest absolute Gasteiger partial charge is 0.125 e. The number of hydrogen-bond donors (Lipinski definition) is 1. The summed E-state index contributed by atoms with van der Waals surface area (Å²) in [6.07, 6.45) is 0.309. The highest BCUT2D eigenvalue weighted by atomic mass is 16.5. The number of anilines is 1. The first kappa shape index (κ1) is 12.2. The predicted octanol–water partition coefficient (Wildman–Crippen LogP) is 1.50. The Kier molecular flexibility index (Phi) is 3.86. The molecule has 1 aliphatic heterocycles. The van der Waals surface area contributed by atoms with Gasteiger partial charge in [0, 0.05) is 37.0 Å². The number of methoxy groups -OCH3 is 1. The summed E-state index contributed by atoms with van der Waals surface area (Å²) in [5.41, 5.74) is 7.66. The summed E-state index contributed by atoms with van der Waals surface area (Å²) < 4.78 is 10.9. The number of hydrogen-bond acceptors (Lipinski definition) is 4. The van der Waals surface area contributed by atoms with Crippen LogP contribution in [0, 0.1) is 0 Å². The summed E-state index contributed by atoms with van der Waals surface area (Å²) in [5, 5.41) is 0. The fourth-order valence-electron chi connectivity index (χ4n) is 2.17. The molecule has 1 atom stereocenters. The highest BCUT2D eigenvalue weighted by molar-refractivity contribution is 5.48. The van der Waals surface area contributed by atoms with Gasteiger partial charge >= 0.3 is 0 Å². The highest BCUT2D eigenvalue weighted by Crippen LogP contribution is 2.23. The molecule has 1 fully saturated rings. The van der Waals surface area contributed by atoms with Crippen molar-refractivity contribution in [3.63, 3.8) is 0 Å². The van der Waals surface area contributed by atoms with Crippen molar-refractivity contribution in [1.82, 2.24) is 4.90 Å². The maximum atomic E-state index is 5.74. The molecule has 1 aromatic rings. The van der Waals surface area contributed by atoms with Gasteiger partial charge in [-0.1, -0.05) is 6.07 Å². The molecule has 4 heteroatoms. The van der Waals surface area contributed by atoms with Crippen molar-refractivity contribution in [1.29, 1.82) is 0 Å². The van der Waals surface area contributed by atoms with Gasteiger partial charge in [0.15, 0.2) is 0 Å². The van der Waals surface area contributed by atoms with E-state index in [2.05, 4.69) is 11.8 Å². The molecule has 1 unspecified atom stereocenters. The Morgan fingerprint density at radius 3 is 3.06 bits per heavy atom. The molecule has 1 aromatic carbocycles. The number of ether oxygens (including phenoxy) is 2. The lowest BCUT2D eigenvalue weighted by molar-refractivity contribution is -0.0213. The minimum absolute atomic E-state index is 0.309. The lowest BCUT2D eigenvalue weighted by atomic mass is 10.1. The summed E-state index contributed by atoms with van der Waals surface area (Å²) in [4.78, 5) is 2.38. The van der Waals surface area contributed by atoms with Crippen LogP contribution in [0.15, 0.2) is 18.2 Å². The van der Waals surface area contributed by atoms with Crippen LogP contribution in [0.5, 0.6) is 5.75 Å². The van der Waals surface area contributed by atoms with Crippen molar-refractivity contribution >= 4 is 5.69 Å². The summed E-state index contributed by atoms with van der Waals surface area (Å²) in [6.45, 7) is 5.73. The predicted molar refractivity (Wildman–Crippen MR) is 68.1 cm³/mol. The molecule has 1 saturated heterocycles. The lowest BCUT2D eigenvalue weighted by Crippen LogP contribution is -2.40. The lowest BCUT2D eigenvalue weighted by Gasteiger charge is -2.31. The molecule has 4 nitrogen and oxygen atoms in total. The summed E-state index contributed by atoms with van der Waals surface area (Å²) >= 11 is 0. The monoisotopic (exact) mass is 236 g/mol. The van der Waals surface area contributed by atoms with Gasteiger partial charge in [0.05, 0.1) is 19.8 Å². The van der Waals surface area contributed by atoms with Crippen molar-refractivity contribution in [3.8, 4) is 5.75 Å². The first-order chi connectivity index (χ1) is 8.19. The van der Waals surface area contributed by atoms with E-state index in [1.165, 1.54) is 5.56 Å². The summed E-state index contributed by atoms with van der Waals surface area (Å²) in [5.74, 6) is 0.865. The van der Waals surface area contributed by atoms with E-state index in [4.69, 9.17) is 15.2 Å². The zero-order chi connectivity index (χ0) is 12.3. The highest BCUT2D eigenvalue weighted by Gasteiger charge is 2.17. The van der Waals surface area contributed by atoms with Crippen LogP contribution < -0.4 is 10.5 Å². The third kappa shape index (κ3) is 3.11. The molecule has 17 heavy (non-hydrogen) atoms. The second-order valence-electron chi connectivity index (χ2n) is 4.49. The number of nitrogens with zero attached hydrogens (tertiary/aromatic N) is 1. The minimum atomic E-state index is 0.309. The standard InChI is InChI=1S/C13H20N2O2/c1-10-8-15(5-6-17-10)9-11-3-4-12(14)7-13(11)16-2/h3-4,7,10H,5-6,8-9,14H2,1-2H3. The van der Waals surface area contributed by atoms with Gasteiger partial charge in [0.25, 0.3) is 0 Å². The fourth-order valence-corrected chi connectivity index (χ4v) is 2.17. The minimum Gasteiger partial charge on any atom is -0.496 e. The zero-order valence-corrected chi connectivity index (χ0v) is 10.5. The van der Waals surface area contributed by atoms with E-state index in [-0.39, 0.29) is 0 Å². The number of morpholine rings is 1. The Balaban J connectivity index is 2.07. The van der Waals surface area contributed by atoms with E-state index in [1.54, 1.807) is 7.11 Å². The van der Waals surface area contributed by atoms with Crippen LogP contribution in [-0.4, -0.2) is 37.8 Å². The Morgan fingerprint density at radius 2 is 2.35 bits per heavy atom. The third-order valence-electron chi connectivity index (χ3n) is 3.03. The van der Waals surface area contributed by atoms with E-state index < -0.39 is 0 Å². The normalized spacial score (nSPS) is 21.4. The van der Waals surface area contributed by atoms with Crippen LogP contribution in [0.3, 0.4) is 0 Å². The first-order valence-electron chi connectivity index (χ1n) is 5.95. The Hall–Kier alpha value is -1.26. The summed E-state index contributed by atoms with van der Waals surface area (Å²) in [6, 6.07) is 5.83. The van der Waals surface area contributed by atoms with E-state index in [9.17, 15) is 0 Å². The van der Waals surface area contributed by atoms with Crippen molar-refractivity contribution < 1.29 is 9.47 Å². The van der Waals surface area contributed by atoms with E-state index >= 15 is 0 Å². The molecular weight excluding hydrogens is 216 g/mol. The topological polar surface area (TPSA) is 47.7 Å². The average molecular weight is 236 g/mol. The van der Waals surface area contributed by atoms with Crippen LogP contribution in [-0.2, 0) is 11.3 Å². The molecular formula is C13H20N2O2. The van der Waals surface area contributed by atoms with E-state index in [0.717, 1.165) is 37.7 Å². The largest absolute Gasteiger partial charge is 0.496 e. The van der Waals surface area contributed by atoms with Gasteiger partial charge in [-0.05, 0) is 13.0 Å². The van der Waals surface area contributed by atoms with Crippen LogP contribution in [0.1, 0.15) is 12.5 Å². The SMILES string of the molecule is COc1cc(N)ccc1CN1CCOC(C)C1. The van der Waals surface area contributed by atoms with Gasteiger partial charge in [0.2, 0.25) is 0 Å². The number of benzene rings is 1. The molecule has 0 radical (unpaired) electrons. The van der Waals surface area contributed by atoms with Gasteiger partial charge in [-0.25, -0.2) is 0 Å². The van der Waals surface area contributed by atoms with Crippen LogP contribution in [0.4, 0.5) is 5.69 Å². The van der Waals surface area contributed by atoms with Crippen molar-refractivity contribution in [3.05, 3.63) is 23.8 Å². The van der Waals surface area contributed by atoms with Crippen molar-refractivity contribution in [2.75, 3.05) is 32.5 Å². The second kappa shape index (κ2) is 5.38. The first-order valence-corrected chi connectivity index (χ1v) is 5.95. The molecule has 0 amide bonds. The Bertz CT molecular complexity index is 382. The van der Waals surface area contributed by atoms with Gasteiger partial charge in [-0.3, -0.25) is 4.90 Å². The summed E-state index contributed by atoms with van der Waals surface area (Å²) in [7, 11) is 1.68. The van der Waals surface area contributed by atoms with Gasteiger partial charge in [-0.2, -0.15) is 0 Å². The molecule has 0 bridgehead atoms. The van der Waals surface area contributed by atoms with Gasteiger partial charge < -0.3 is 15.2 Å². The molecule has 1 aliphatic rings. The molecule has 0 aliphatic carbocycles. The van der Waals surface area contributed by atoms with Gasteiger partial charge in [-0.15, -0.1) is 0 Å². The van der Waals surface area contributed by atoms with Crippen LogP contribution in [0.25, 0.3) is 0 Å². The van der Waals surface area contributed by atoms with Crippen molar-refractivity contribution in [2.45, 2.75) is 19.6 Å². The van der Waals surface area contributed by atoms with Gasteiger partial charge in [0.1, 0.15) is 5.75 Å². The fraction of sp³-hybridized carbons (Fsp3) is 0.538. The maximum Gasteiger partial charge on any atom is 0.125 e. The van der Waals surface area contributed by atoms with E-state index in [1.807, 2.05) is 18.2 Å². The molecule has 0 saturated carbocycles. The van der Waals surface area contributed by atoms with E-state index in [0.29, 0.717) is 6.10 Å². The van der Waals surface area contributed by atoms with Crippen LogP contribution >= 0.6 is 0 Å². The number of nitrogens with two attached hydrogens (primary N) is 1. The Labute approximate surface area is 102 Å². The molecule has 0 aromatic heterocycles. The molecule has 0 spiro atoms. The zero-order valence-electron chi connectivity index (χ0n) is 10.5. The Morgan fingerprint density at radius 1 is 1.53 bits per heavy atom. The quantitative estimate of drug-likeness (QED) is 0.808. The number of rotatable bonds is 3.